The zero-order valence-electron chi connectivity index (χ0n) is 10.4. The summed E-state index contributed by atoms with van der Waals surface area (Å²) in [5.41, 5.74) is 0.524. The van der Waals surface area contributed by atoms with E-state index in [9.17, 15) is 4.79 Å². The second-order valence-electron chi connectivity index (χ2n) is 4.26. The monoisotopic (exact) mass is 247 g/mol. The molecule has 1 aromatic heterocycles. The Morgan fingerprint density at radius 1 is 1.61 bits per heavy atom. The predicted molar refractivity (Wildman–Crippen MR) is 68.1 cm³/mol. The van der Waals surface area contributed by atoms with E-state index in [2.05, 4.69) is 16.4 Å². The Balaban J connectivity index is 2.33. The third kappa shape index (κ3) is 4.83. The highest BCUT2D eigenvalue weighted by Crippen LogP contribution is 2.13. The molecular formula is C13H17N3O2. The molecule has 0 bridgehead atoms. The molecule has 0 saturated carbocycles. The minimum absolute atomic E-state index is 0.203. The highest BCUT2D eigenvalue weighted by Gasteiger charge is 2.06. The van der Waals surface area contributed by atoms with E-state index in [0.29, 0.717) is 30.3 Å². The molecule has 0 spiro atoms. The second kappa shape index (κ2) is 7.28. The minimum atomic E-state index is -0.758. The third-order valence-corrected chi connectivity index (χ3v) is 2.71. The predicted octanol–water partition coefficient (Wildman–Crippen LogP) is 2.26. The Kier molecular flexibility index (Phi) is 5.65. The number of nitrogens with zero attached hydrogens (tertiary/aromatic N) is 2. The van der Waals surface area contributed by atoms with E-state index in [4.69, 9.17) is 10.4 Å². The molecule has 0 fully saturated rings. The van der Waals surface area contributed by atoms with Crippen LogP contribution in [0, 0.1) is 17.2 Å². The second-order valence-corrected chi connectivity index (χ2v) is 4.26. The molecule has 5 heteroatoms. The van der Waals surface area contributed by atoms with Gasteiger partial charge in [0.25, 0.3) is 0 Å². The number of pyridine rings is 1. The van der Waals surface area contributed by atoms with Gasteiger partial charge in [-0.3, -0.25) is 4.79 Å². The van der Waals surface area contributed by atoms with Gasteiger partial charge in [0.15, 0.2) is 0 Å². The zero-order chi connectivity index (χ0) is 13.4. The van der Waals surface area contributed by atoms with E-state index >= 15 is 0 Å². The lowest BCUT2D eigenvalue weighted by Crippen LogP contribution is -2.10. The molecule has 1 aromatic rings. The van der Waals surface area contributed by atoms with Gasteiger partial charge in [0.1, 0.15) is 11.9 Å². The fourth-order valence-electron chi connectivity index (χ4n) is 1.59. The summed E-state index contributed by atoms with van der Waals surface area (Å²) in [6.45, 7) is 2.71. The Hall–Kier alpha value is -2.09. The first kappa shape index (κ1) is 14.0. The van der Waals surface area contributed by atoms with Crippen LogP contribution in [0.25, 0.3) is 0 Å². The summed E-state index contributed by atoms with van der Waals surface area (Å²) < 4.78 is 0. The largest absolute Gasteiger partial charge is 0.481 e. The number of hydrogen-bond acceptors (Lipinski definition) is 4. The van der Waals surface area contributed by atoms with Crippen molar-refractivity contribution < 1.29 is 9.90 Å². The summed E-state index contributed by atoms with van der Waals surface area (Å²) in [6, 6.07) is 5.50. The molecule has 1 rings (SSSR count). The maximum Gasteiger partial charge on any atom is 0.303 e. The maximum atomic E-state index is 10.4. The van der Waals surface area contributed by atoms with E-state index in [1.54, 1.807) is 18.3 Å². The number of carbonyl (C=O) groups is 1. The molecule has 0 aliphatic heterocycles. The maximum absolute atomic E-state index is 10.4. The smallest absolute Gasteiger partial charge is 0.303 e. The third-order valence-electron chi connectivity index (χ3n) is 2.71. The first-order chi connectivity index (χ1) is 8.63. The zero-order valence-corrected chi connectivity index (χ0v) is 10.4. The van der Waals surface area contributed by atoms with Crippen molar-refractivity contribution in [2.45, 2.75) is 26.2 Å². The molecule has 18 heavy (non-hydrogen) atoms. The van der Waals surface area contributed by atoms with Crippen molar-refractivity contribution in [2.75, 3.05) is 11.9 Å². The van der Waals surface area contributed by atoms with Crippen molar-refractivity contribution in [3.8, 4) is 6.07 Å². The van der Waals surface area contributed by atoms with Gasteiger partial charge in [0.05, 0.1) is 5.56 Å². The van der Waals surface area contributed by atoms with Gasteiger partial charge in [0.2, 0.25) is 0 Å². The quantitative estimate of drug-likeness (QED) is 0.771. The number of carboxylic acid groups (broad SMARTS) is 1. The number of carboxylic acids is 1. The molecule has 0 aliphatic rings. The molecule has 0 amide bonds. The van der Waals surface area contributed by atoms with Crippen molar-refractivity contribution in [3.05, 3.63) is 23.9 Å². The standard InChI is InChI=1S/C13H17N3O2/c1-10(4-5-12(17)18)6-8-16-13-11(9-14)3-2-7-15-13/h2-3,7,10H,4-6,8H2,1H3,(H,15,16)(H,17,18). The minimum Gasteiger partial charge on any atom is -0.481 e. The normalized spacial score (nSPS) is 11.6. The Morgan fingerprint density at radius 2 is 2.39 bits per heavy atom. The lowest BCUT2D eigenvalue weighted by atomic mass is 10.0. The summed E-state index contributed by atoms with van der Waals surface area (Å²) in [7, 11) is 0. The Bertz CT molecular complexity index is 440. The Labute approximate surface area is 106 Å². The van der Waals surface area contributed by atoms with E-state index in [1.165, 1.54) is 0 Å². The van der Waals surface area contributed by atoms with Gasteiger partial charge in [-0.05, 0) is 30.9 Å². The summed E-state index contributed by atoms with van der Waals surface area (Å²) in [6.07, 6.45) is 3.37. The van der Waals surface area contributed by atoms with Crippen molar-refractivity contribution in [2.24, 2.45) is 5.92 Å². The van der Waals surface area contributed by atoms with Crippen LogP contribution in [0.3, 0.4) is 0 Å². The van der Waals surface area contributed by atoms with Crippen LogP contribution >= 0.6 is 0 Å². The van der Waals surface area contributed by atoms with Gasteiger partial charge in [-0.25, -0.2) is 4.98 Å². The number of nitriles is 1. The number of aromatic nitrogens is 1. The van der Waals surface area contributed by atoms with Gasteiger partial charge in [0, 0.05) is 19.2 Å². The van der Waals surface area contributed by atoms with E-state index in [1.807, 2.05) is 6.92 Å². The number of rotatable bonds is 7. The van der Waals surface area contributed by atoms with Crippen molar-refractivity contribution in [1.82, 2.24) is 4.98 Å². The van der Waals surface area contributed by atoms with Gasteiger partial charge >= 0.3 is 5.97 Å². The topological polar surface area (TPSA) is 86.0 Å². The van der Waals surface area contributed by atoms with Gasteiger partial charge in [-0.1, -0.05) is 6.92 Å². The first-order valence-corrected chi connectivity index (χ1v) is 5.94. The number of nitrogens with one attached hydrogen (secondary N) is 1. The lowest BCUT2D eigenvalue weighted by Gasteiger charge is -2.11. The fraction of sp³-hybridized carbons (Fsp3) is 0.462. The van der Waals surface area contributed by atoms with Crippen LogP contribution in [0.2, 0.25) is 0 Å². The summed E-state index contributed by atoms with van der Waals surface area (Å²) in [4.78, 5) is 14.5. The fourth-order valence-corrected chi connectivity index (χ4v) is 1.59. The van der Waals surface area contributed by atoms with Crippen LogP contribution in [-0.4, -0.2) is 22.6 Å². The van der Waals surface area contributed by atoms with Gasteiger partial charge < -0.3 is 10.4 Å². The molecule has 2 N–H and O–H groups in total. The lowest BCUT2D eigenvalue weighted by molar-refractivity contribution is -0.137. The molecule has 96 valence electrons. The molecular weight excluding hydrogens is 230 g/mol. The highest BCUT2D eigenvalue weighted by atomic mass is 16.4. The molecule has 5 nitrogen and oxygen atoms in total. The van der Waals surface area contributed by atoms with Gasteiger partial charge in [-0.15, -0.1) is 0 Å². The summed E-state index contributed by atoms with van der Waals surface area (Å²) in [5.74, 6) is 0.166. The SMILES string of the molecule is CC(CCNc1ncccc1C#N)CCC(=O)O. The van der Waals surface area contributed by atoms with E-state index in [-0.39, 0.29) is 6.42 Å². The average Bonchev–Trinajstić information content (AvgIpc) is 2.37. The molecule has 0 saturated heterocycles. The highest BCUT2D eigenvalue weighted by molar-refractivity contribution is 5.66. The van der Waals surface area contributed by atoms with E-state index in [0.717, 1.165) is 6.42 Å². The number of aliphatic carboxylic acids is 1. The number of anilines is 1. The van der Waals surface area contributed by atoms with Crippen molar-refractivity contribution >= 4 is 11.8 Å². The first-order valence-electron chi connectivity index (χ1n) is 5.94. The van der Waals surface area contributed by atoms with Crippen LogP contribution in [-0.2, 0) is 4.79 Å². The van der Waals surface area contributed by atoms with Crippen LogP contribution in [0.5, 0.6) is 0 Å². The van der Waals surface area contributed by atoms with Crippen molar-refractivity contribution in [3.63, 3.8) is 0 Å². The van der Waals surface area contributed by atoms with E-state index < -0.39 is 5.97 Å². The van der Waals surface area contributed by atoms with Gasteiger partial charge in [-0.2, -0.15) is 5.26 Å². The molecule has 1 atom stereocenters. The van der Waals surface area contributed by atoms with Crippen molar-refractivity contribution in [1.29, 1.82) is 5.26 Å². The van der Waals surface area contributed by atoms with Crippen LogP contribution in [0.15, 0.2) is 18.3 Å². The molecule has 0 aromatic carbocycles. The summed E-state index contributed by atoms with van der Waals surface area (Å²) >= 11 is 0. The van der Waals surface area contributed by atoms with Crippen LogP contribution in [0.1, 0.15) is 31.7 Å². The average molecular weight is 247 g/mol. The summed E-state index contributed by atoms with van der Waals surface area (Å²) in [5, 5.41) is 20.6. The van der Waals surface area contributed by atoms with Crippen LogP contribution < -0.4 is 5.32 Å². The Morgan fingerprint density at radius 3 is 3.06 bits per heavy atom. The molecule has 0 aliphatic carbocycles. The molecule has 0 radical (unpaired) electrons. The molecule has 1 unspecified atom stereocenters. The van der Waals surface area contributed by atoms with Crippen LogP contribution in [0.4, 0.5) is 5.82 Å². The number of hydrogen-bond donors (Lipinski definition) is 2. The molecule has 1 heterocycles.